The molecule has 0 heterocycles. The minimum Gasteiger partial charge on any atom is -0.481 e. The second-order valence-corrected chi connectivity index (χ2v) is 4.44. The van der Waals surface area contributed by atoms with Crippen LogP contribution in [0.3, 0.4) is 0 Å². The highest BCUT2D eigenvalue weighted by Gasteiger charge is 1.94. The zero-order chi connectivity index (χ0) is 11.5. The molecule has 0 fully saturated rings. The number of hydrogen-bond donors (Lipinski definition) is 1. The van der Waals surface area contributed by atoms with Gasteiger partial charge in [0.1, 0.15) is 0 Å². The second kappa shape index (κ2) is 9.75. The number of aliphatic carboxylic acids is 1. The highest BCUT2D eigenvalue weighted by molar-refractivity contribution is 5.66. The van der Waals surface area contributed by atoms with Crippen molar-refractivity contribution in [2.75, 3.05) is 0 Å². The average molecular weight is 212 g/mol. The topological polar surface area (TPSA) is 37.3 Å². The lowest BCUT2D eigenvalue weighted by Gasteiger charge is -2.01. The average Bonchev–Trinajstić information content (AvgIpc) is 2.14. The molecule has 0 rings (SSSR count). The molecular weight excluding hydrogens is 188 g/mol. The standard InChI is InChI=1S/C13H24O2/c1-12(2)10-8-6-4-3-5-7-9-11-13(14)15/h3,5,12H,4,6-11H2,1-2H3,(H,14,15). The number of unbranched alkanes of at least 4 members (excludes halogenated alkanes) is 3. The number of rotatable bonds is 9. The summed E-state index contributed by atoms with van der Waals surface area (Å²) in [4.78, 5) is 10.2. The van der Waals surface area contributed by atoms with E-state index in [4.69, 9.17) is 5.11 Å². The molecule has 0 aliphatic rings. The Balaban J connectivity index is 3.14. The van der Waals surface area contributed by atoms with Gasteiger partial charge in [0.2, 0.25) is 0 Å². The van der Waals surface area contributed by atoms with E-state index in [0.29, 0.717) is 0 Å². The van der Waals surface area contributed by atoms with Crippen LogP contribution in [-0.4, -0.2) is 11.1 Å². The van der Waals surface area contributed by atoms with E-state index >= 15 is 0 Å². The molecule has 15 heavy (non-hydrogen) atoms. The summed E-state index contributed by atoms with van der Waals surface area (Å²) in [6.45, 7) is 4.50. The Hall–Kier alpha value is -0.790. The third-order valence-corrected chi connectivity index (χ3v) is 2.33. The molecule has 0 bridgehead atoms. The summed E-state index contributed by atoms with van der Waals surface area (Å²) in [6.07, 6.45) is 11.3. The molecular formula is C13H24O2. The van der Waals surface area contributed by atoms with Gasteiger partial charge in [-0.25, -0.2) is 0 Å². The van der Waals surface area contributed by atoms with E-state index in [9.17, 15) is 4.79 Å². The molecule has 0 radical (unpaired) electrons. The number of hydrogen-bond acceptors (Lipinski definition) is 1. The first kappa shape index (κ1) is 14.2. The molecule has 0 amide bonds. The lowest BCUT2D eigenvalue weighted by molar-refractivity contribution is -0.137. The van der Waals surface area contributed by atoms with Crippen molar-refractivity contribution in [3.05, 3.63) is 12.2 Å². The summed E-state index contributed by atoms with van der Waals surface area (Å²) in [5.74, 6) is 0.116. The van der Waals surface area contributed by atoms with Crippen LogP contribution in [0, 0.1) is 5.92 Å². The van der Waals surface area contributed by atoms with E-state index in [2.05, 4.69) is 26.0 Å². The van der Waals surface area contributed by atoms with Crippen LogP contribution in [0.4, 0.5) is 0 Å². The Kier molecular flexibility index (Phi) is 9.24. The fraction of sp³-hybridized carbons (Fsp3) is 0.769. The van der Waals surface area contributed by atoms with Gasteiger partial charge >= 0.3 is 5.97 Å². The third kappa shape index (κ3) is 13.2. The van der Waals surface area contributed by atoms with Crippen molar-refractivity contribution in [2.45, 2.75) is 58.8 Å². The highest BCUT2D eigenvalue weighted by Crippen LogP contribution is 2.08. The van der Waals surface area contributed by atoms with Crippen molar-refractivity contribution in [2.24, 2.45) is 5.92 Å². The van der Waals surface area contributed by atoms with Gasteiger partial charge in [-0.2, -0.15) is 0 Å². The monoisotopic (exact) mass is 212 g/mol. The Morgan fingerprint density at radius 1 is 1.13 bits per heavy atom. The van der Waals surface area contributed by atoms with Crippen LogP contribution in [0.1, 0.15) is 58.8 Å². The van der Waals surface area contributed by atoms with Crippen LogP contribution in [0.5, 0.6) is 0 Å². The summed E-state index contributed by atoms with van der Waals surface area (Å²) < 4.78 is 0. The van der Waals surface area contributed by atoms with Crippen LogP contribution < -0.4 is 0 Å². The molecule has 0 aromatic heterocycles. The molecule has 2 nitrogen and oxygen atoms in total. The van der Waals surface area contributed by atoms with E-state index < -0.39 is 5.97 Å². The molecule has 0 atom stereocenters. The SMILES string of the molecule is CC(C)CCCCC=CCCCC(=O)O. The molecule has 0 unspecified atom stereocenters. The van der Waals surface area contributed by atoms with Crippen LogP contribution >= 0.6 is 0 Å². The largest absolute Gasteiger partial charge is 0.481 e. The summed E-state index contributed by atoms with van der Waals surface area (Å²) in [5, 5.41) is 8.41. The van der Waals surface area contributed by atoms with Gasteiger partial charge in [-0.15, -0.1) is 0 Å². The van der Waals surface area contributed by atoms with E-state index in [0.717, 1.165) is 25.2 Å². The molecule has 0 saturated carbocycles. The quantitative estimate of drug-likeness (QED) is 0.463. The minimum absolute atomic E-state index is 0.289. The molecule has 2 heteroatoms. The van der Waals surface area contributed by atoms with E-state index in [-0.39, 0.29) is 6.42 Å². The van der Waals surface area contributed by atoms with Crippen molar-refractivity contribution >= 4 is 5.97 Å². The molecule has 88 valence electrons. The zero-order valence-corrected chi connectivity index (χ0v) is 10.0. The predicted molar refractivity (Wildman–Crippen MR) is 63.9 cm³/mol. The summed E-state index contributed by atoms with van der Waals surface area (Å²) in [7, 11) is 0. The van der Waals surface area contributed by atoms with Crippen molar-refractivity contribution in [1.29, 1.82) is 0 Å². The molecule has 0 aromatic carbocycles. The Labute approximate surface area is 93.4 Å². The number of carbonyl (C=O) groups is 1. The molecule has 0 aliphatic heterocycles. The Morgan fingerprint density at radius 3 is 2.27 bits per heavy atom. The van der Waals surface area contributed by atoms with Gasteiger partial charge in [0, 0.05) is 6.42 Å². The fourth-order valence-electron chi connectivity index (χ4n) is 1.42. The van der Waals surface area contributed by atoms with Gasteiger partial charge in [-0.3, -0.25) is 4.79 Å². The van der Waals surface area contributed by atoms with E-state index in [1.54, 1.807) is 0 Å². The van der Waals surface area contributed by atoms with Crippen molar-refractivity contribution in [3.8, 4) is 0 Å². The Morgan fingerprint density at radius 2 is 1.73 bits per heavy atom. The smallest absolute Gasteiger partial charge is 0.303 e. The minimum atomic E-state index is -0.694. The predicted octanol–water partition coefficient (Wildman–Crippen LogP) is 4.01. The van der Waals surface area contributed by atoms with Crippen LogP contribution in [0.25, 0.3) is 0 Å². The van der Waals surface area contributed by atoms with Crippen molar-refractivity contribution < 1.29 is 9.90 Å². The van der Waals surface area contributed by atoms with Crippen LogP contribution in [-0.2, 0) is 4.79 Å². The summed E-state index contributed by atoms with van der Waals surface area (Å²) >= 11 is 0. The highest BCUT2D eigenvalue weighted by atomic mass is 16.4. The fourth-order valence-corrected chi connectivity index (χ4v) is 1.42. The van der Waals surface area contributed by atoms with Gasteiger partial charge in [-0.05, 0) is 31.6 Å². The lowest BCUT2D eigenvalue weighted by atomic mass is 10.1. The zero-order valence-electron chi connectivity index (χ0n) is 10.0. The van der Waals surface area contributed by atoms with E-state index in [1.165, 1.54) is 19.3 Å². The first-order valence-corrected chi connectivity index (χ1v) is 5.99. The van der Waals surface area contributed by atoms with Gasteiger partial charge in [0.15, 0.2) is 0 Å². The summed E-state index contributed by atoms with van der Waals surface area (Å²) in [6, 6.07) is 0. The van der Waals surface area contributed by atoms with Crippen LogP contribution in [0.2, 0.25) is 0 Å². The molecule has 0 aromatic rings. The summed E-state index contributed by atoms with van der Waals surface area (Å²) in [5.41, 5.74) is 0. The maximum atomic E-state index is 10.2. The second-order valence-electron chi connectivity index (χ2n) is 4.44. The first-order valence-electron chi connectivity index (χ1n) is 5.99. The third-order valence-electron chi connectivity index (χ3n) is 2.33. The van der Waals surface area contributed by atoms with Crippen LogP contribution in [0.15, 0.2) is 12.2 Å². The van der Waals surface area contributed by atoms with Gasteiger partial charge < -0.3 is 5.11 Å². The van der Waals surface area contributed by atoms with Crippen molar-refractivity contribution in [1.82, 2.24) is 0 Å². The maximum absolute atomic E-state index is 10.2. The number of allylic oxidation sites excluding steroid dienone is 2. The first-order chi connectivity index (χ1) is 7.13. The molecule has 0 aliphatic carbocycles. The van der Waals surface area contributed by atoms with Crippen molar-refractivity contribution in [3.63, 3.8) is 0 Å². The molecule has 1 N–H and O–H groups in total. The van der Waals surface area contributed by atoms with E-state index in [1.807, 2.05) is 0 Å². The Bertz CT molecular complexity index is 183. The normalized spacial score (nSPS) is 11.4. The molecule has 0 saturated heterocycles. The van der Waals surface area contributed by atoms with Gasteiger partial charge in [0.05, 0.1) is 0 Å². The van der Waals surface area contributed by atoms with Gasteiger partial charge in [0.25, 0.3) is 0 Å². The van der Waals surface area contributed by atoms with Gasteiger partial charge in [-0.1, -0.05) is 38.8 Å². The lowest BCUT2D eigenvalue weighted by Crippen LogP contribution is -1.92. The molecule has 0 spiro atoms. The maximum Gasteiger partial charge on any atom is 0.303 e. The number of carboxylic acids is 1. The number of carboxylic acid groups (broad SMARTS) is 1.